The van der Waals surface area contributed by atoms with Crippen LogP contribution in [-0.2, 0) is 13.2 Å². The van der Waals surface area contributed by atoms with Crippen molar-refractivity contribution in [2.45, 2.75) is 13.1 Å². The van der Waals surface area contributed by atoms with Crippen LogP contribution in [0.3, 0.4) is 0 Å². The second-order valence-electron chi connectivity index (χ2n) is 6.62. The standard InChI is InChI=1S/C19H13F3N4O4S/c1-9-7-11(26-16(28)24-15(27)25(2)18(26)29)4-6-13(9)30-17-23-12-5-3-10(19(20,21)22)8-14(12)31-17/h3-8H,1-2H3,(H,24,27,28). The summed E-state index contributed by atoms with van der Waals surface area (Å²) in [5.41, 5.74) is -2.18. The number of thiazole rings is 1. The molecule has 0 atom stereocenters. The number of ether oxygens (including phenoxy) is 1. The fourth-order valence-corrected chi connectivity index (χ4v) is 3.76. The largest absolute Gasteiger partial charge is 0.431 e. The summed E-state index contributed by atoms with van der Waals surface area (Å²) < 4.78 is 46.3. The molecule has 0 spiro atoms. The molecule has 0 aliphatic rings. The summed E-state index contributed by atoms with van der Waals surface area (Å²) in [7, 11) is 1.23. The maximum Gasteiger partial charge on any atom is 0.416 e. The molecule has 2 aromatic heterocycles. The lowest BCUT2D eigenvalue weighted by molar-refractivity contribution is -0.137. The van der Waals surface area contributed by atoms with Gasteiger partial charge in [-0.3, -0.25) is 4.98 Å². The first-order valence-corrected chi connectivity index (χ1v) is 9.55. The fraction of sp³-hybridized carbons (Fsp3) is 0.158. The number of nitrogens with zero attached hydrogens (tertiary/aromatic N) is 3. The summed E-state index contributed by atoms with van der Waals surface area (Å²) in [6.45, 7) is 1.66. The van der Waals surface area contributed by atoms with Crippen LogP contribution in [0.25, 0.3) is 15.9 Å². The van der Waals surface area contributed by atoms with E-state index in [0.717, 1.165) is 32.6 Å². The van der Waals surface area contributed by atoms with E-state index in [1.807, 2.05) is 4.98 Å². The minimum atomic E-state index is -4.46. The number of benzene rings is 2. The van der Waals surface area contributed by atoms with Crippen molar-refractivity contribution in [1.29, 1.82) is 0 Å². The smallest absolute Gasteiger partial charge is 0.416 e. The summed E-state index contributed by atoms with van der Waals surface area (Å²) in [6.07, 6.45) is -4.46. The van der Waals surface area contributed by atoms with Crippen molar-refractivity contribution < 1.29 is 17.9 Å². The zero-order valence-corrected chi connectivity index (χ0v) is 16.8. The van der Waals surface area contributed by atoms with Gasteiger partial charge in [-0.1, -0.05) is 11.3 Å². The molecule has 0 saturated carbocycles. The van der Waals surface area contributed by atoms with Crippen molar-refractivity contribution >= 4 is 21.6 Å². The lowest BCUT2D eigenvalue weighted by Gasteiger charge is -2.10. The average molecular weight is 450 g/mol. The molecule has 160 valence electrons. The highest BCUT2D eigenvalue weighted by atomic mass is 32.1. The third-order valence-corrected chi connectivity index (χ3v) is 5.41. The van der Waals surface area contributed by atoms with Gasteiger partial charge in [-0.05, 0) is 48.9 Å². The summed E-state index contributed by atoms with van der Waals surface area (Å²) in [6, 6.07) is 7.68. The van der Waals surface area contributed by atoms with Crippen molar-refractivity contribution in [1.82, 2.24) is 19.1 Å². The van der Waals surface area contributed by atoms with Crippen LogP contribution in [0.15, 0.2) is 50.8 Å². The molecule has 2 aromatic carbocycles. The normalized spacial score (nSPS) is 11.8. The van der Waals surface area contributed by atoms with Crippen LogP contribution >= 0.6 is 11.3 Å². The van der Waals surface area contributed by atoms with Gasteiger partial charge >= 0.3 is 23.2 Å². The molecule has 0 radical (unpaired) electrons. The lowest BCUT2D eigenvalue weighted by Crippen LogP contribution is -2.47. The Morgan fingerprint density at radius 2 is 1.81 bits per heavy atom. The van der Waals surface area contributed by atoms with Gasteiger partial charge in [0.25, 0.3) is 5.19 Å². The number of H-pyrrole nitrogens is 1. The van der Waals surface area contributed by atoms with Crippen LogP contribution in [0.2, 0.25) is 0 Å². The summed E-state index contributed by atoms with van der Waals surface area (Å²) in [4.78, 5) is 42.1. The zero-order valence-electron chi connectivity index (χ0n) is 16.0. The molecule has 1 N–H and O–H groups in total. The number of hydrogen-bond acceptors (Lipinski definition) is 6. The van der Waals surface area contributed by atoms with Gasteiger partial charge in [-0.15, -0.1) is 0 Å². The highest BCUT2D eigenvalue weighted by Crippen LogP contribution is 2.37. The van der Waals surface area contributed by atoms with E-state index in [1.54, 1.807) is 6.92 Å². The molecular weight excluding hydrogens is 437 g/mol. The molecule has 8 nitrogen and oxygen atoms in total. The van der Waals surface area contributed by atoms with Gasteiger partial charge in [0.2, 0.25) is 0 Å². The number of aryl methyl sites for hydroxylation is 1. The van der Waals surface area contributed by atoms with Crippen molar-refractivity contribution in [2.24, 2.45) is 7.05 Å². The molecule has 12 heteroatoms. The number of halogens is 3. The molecule has 0 amide bonds. The predicted octanol–water partition coefficient (Wildman–Crippen LogP) is 2.95. The second-order valence-corrected chi connectivity index (χ2v) is 7.62. The molecule has 0 aliphatic heterocycles. The van der Waals surface area contributed by atoms with Crippen molar-refractivity contribution in [3.63, 3.8) is 0 Å². The molecule has 4 aromatic rings. The third kappa shape index (κ3) is 3.77. The molecule has 0 saturated heterocycles. The summed E-state index contributed by atoms with van der Waals surface area (Å²) in [5.74, 6) is 0.341. The van der Waals surface area contributed by atoms with E-state index in [1.165, 1.54) is 31.3 Å². The fourth-order valence-electron chi connectivity index (χ4n) is 2.89. The van der Waals surface area contributed by atoms with E-state index in [4.69, 9.17) is 4.74 Å². The first-order chi connectivity index (χ1) is 14.5. The Hall–Kier alpha value is -3.67. The van der Waals surface area contributed by atoms with Crippen molar-refractivity contribution in [3.8, 4) is 16.6 Å². The molecule has 0 fully saturated rings. The van der Waals surface area contributed by atoms with Gasteiger partial charge in [0.15, 0.2) is 0 Å². The Labute approximate surface area is 174 Å². The Bertz CT molecular complexity index is 1500. The summed E-state index contributed by atoms with van der Waals surface area (Å²) >= 11 is 0.959. The first kappa shape index (κ1) is 20.6. The maximum atomic E-state index is 12.9. The SMILES string of the molecule is Cc1cc(-n2c(=O)[nH]c(=O)n(C)c2=O)ccc1Oc1nc2ccc(C(F)(F)F)cc2s1. The van der Waals surface area contributed by atoms with Crippen LogP contribution in [0.4, 0.5) is 13.2 Å². The number of aromatic nitrogens is 4. The van der Waals surface area contributed by atoms with Crippen LogP contribution in [0, 0.1) is 6.92 Å². The van der Waals surface area contributed by atoms with Gasteiger partial charge in [-0.2, -0.15) is 13.2 Å². The van der Waals surface area contributed by atoms with E-state index in [-0.39, 0.29) is 10.9 Å². The van der Waals surface area contributed by atoms with E-state index in [0.29, 0.717) is 21.5 Å². The Morgan fingerprint density at radius 1 is 1.06 bits per heavy atom. The van der Waals surface area contributed by atoms with Crippen LogP contribution in [0.5, 0.6) is 10.9 Å². The van der Waals surface area contributed by atoms with Gasteiger partial charge in [0, 0.05) is 7.05 Å². The quantitative estimate of drug-likeness (QED) is 0.518. The lowest BCUT2D eigenvalue weighted by atomic mass is 10.2. The van der Waals surface area contributed by atoms with Gasteiger partial charge in [0.05, 0.1) is 21.5 Å². The van der Waals surface area contributed by atoms with E-state index < -0.39 is 28.8 Å². The van der Waals surface area contributed by atoms with E-state index >= 15 is 0 Å². The highest BCUT2D eigenvalue weighted by molar-refractivity contribution is 7.20. The minimum Gasteiger partial charge on any atom is -0.431 e. The predicted molar refractivity (Wildman–Crippen MR) is 107 cm³/mol. The number of nitrogens with one attached hydrogen (secondary N) is 1. The number of hydrogen-bond donors (Lipinski definition) is 1. The molecule has 0 unspecified atom stereocenters. The second kappa shape index (κ2) is 7.23. The average Bonchev–Trinajstić information content (AvgIpc) is 3.09. The Morgan fingerprint density at radius 3 is 2.48 bits per heavy atom. The molecule has 0 aliphatic carbocycles. The van der Waals surface area contributed by atoms with Gasteiger partial charge < -0.3 is 4.74 Å². The number of alkyl halides is 3. The molecule has 31 heavy (non-hydrogen) atoms. The van der Waals surface area contributed by atoms with Gasteiger partial charge in [0.1, 0.15) is 5.75 Å². The van der Waals surface area contributed by atoms with Crippen molar-refractivity contribution in [2.75, 3.05) is 0 Å². The van der Waals surface area contributed by atoms with Crippen LogP contribution in [-0.4, -0.2) is 19.1 Å². The van der Waals surface area contributed by atoms with E-state index in [2.05, 4.69) is 4.98 Å². The zero-order chi connectivity index (χ0) is 22.5. The number of rotatable bonds is 3. The topological polar surface area (TPSA) is 99.0 Å². The highest BCUT2D eigenvalue weighted by Gasteiger charge is 2.30. The summed E-state index contributed by atoms with van der Waals surface area (Å²) in [5, 5.41) is 0.141. The van der Waals surface area contributed by atoms with Crippen LogP contribution < -0.4 is 21.8 Å². The molecular formula is C19H13F3N4O4S. The van der Waals surface area contributed by atoms with E-state index in [9.17, 15) is 27.6 Å². The van der Waals surface area contributed by atoms with Crippen LogP contribution in [0.1, 0.15) is 11.1 Å². The number of fused-ring (bicyclic) bond motifs is 1. The molecule has 4 rings (SSSR count). The number of aromatic amines is 1. The Kier molecular flexibility index (Phi) is 4.81. The van der Waals surface area contributed by atoms with Crippen molar-refractivity contribution in [3.05, 3.63) is 79.0 Å². The third-order valence-electron chi connectivity index (χ3n) is 4.51. The monoisotopic (exact) mass is 450 g/mol. The first-order valence-electron chi connectivity index (χ1n) is 8.73. The molecule has 0 bridgehead atoms. The minimum absolute atomic E-state index is 0.141. The Balaban J connectivity index is 1.69. The van der Waals surface area contributed by atoms with Gasteiger partial charge in [-0.25, -0.2) is 28.5 Å². The maximum absolute atomic E-state index is 12.9. The molecule has 2 heterocycles.